The molecule has 0 bridgehead atoms. The standard InChI is InChI=1S/C12H14N4O2/c13-11-6-9(12(14)17)10(7-16-11)15-4-3-8-2-1-5-18-8/h1-2,5-7,15H,3-4H2,(H2,13,16)(H2,14,17). The van der Waals surface area contributed by atoms with Crippen LogP contribution in [0.4, 0.5) is 11.5 Å². The fraction of sp³-hybridized carbons (Fsp3) is 0.167. The number of nitrogen functional groups attached to an aromatic ring is 1. The van der Waals surface area contributed by atoms with E-state index in [1.54, 1.807) is 6.26 Å². The second-order valence-corrected chi connectivity index (χ2v) is 3.78. The lowest BCUT2D eigenvalue weighted by atomic mass is 10.2. The molecule has 2 rings (SSSR count). The average molecular weight is 246 g/mol. The molecule has 2 aromatic heterocycles. The van der Waals surface area contributed by atoms with E-state index >= 15 is 0 Å². The number of amides is 1. The van der Waals surface area contributed by atoms with Gasteiger partial charge in [-0.25, -0.2) is 4.98 Å². The molecule has 0 atom stereocenters. The van der Waals surface area contributed by atoms with Gasteiger partial charge in [0.15, 0.2) is 0 Å². The third kappa shape index (κ3) is 2.79. The maximum absolute atomic E-state index is 11.2. The van der Waals surface area contributed by atoms with E-state index in [9.17, 15) is 4.79 Å². The lowest BCUT2D eigenvalue weighted by molar-refractivity contribution is 0.100. The average Bonchev–Trinajstić information content (AvgIpc) is 2.84. The summed E-state index contributed by atoms with van der Waals surface area (Å²) in [6, 6.07) is 5.17. The second kappa shape index (κ2) is 5.22. The van der Waals surface area contributed by atoms with Crippen LogP contribution in [0.25, 0.3) is 0 Å². The number of furan rings is 1. The molecule has 5 N–H and O–H groups in total. The van der Waals surface area contributed by atoms with E-state index in [2.05, 4.69) is 10.3 Å². The van der Waals surface area contributed by atoms with E-state index < -0.39 is 5.91 Å². The van der Waals surface area contributed by atoms with Crippen LogP contribution in [0.3, 0.4) is 0 Å². The van der Waals surface area contributed by atoms with E-state index in [0.29, 0.717) is 24.2 Å². The fourth-order valence-electron chi connectivity index (χ4n) is 1.59. The number of anilines is 2. The van der Waals surface area contributed by atoms with Crippen LogP contribution in [0.2, 0.25) is 0 Å². The Bertz CT molecular complexity index is 537. The highest BCUT2D eigenvalue weighted by Crippen LogP contribution is 2.16. The van der Waals surface area contributed by atoms with Crippen LogP contribution in [0.5, 0.6) is 0 Å². The van der Waals surface area contributed by atoms with Crippen molar-refractivity contribution >= 4 is 17.4 Å². The Kier molecular flexibility index (Phi) is 3.47. The van der Waals surface area contributed by atoms with E-state index in [1.165, 1.54) is 12.3 Å². The highest BCUT2D eigenvalue weighted by Gasteiger charge is 2.09. The van der Waals surface area contributed by atoms with Crippen LogP contribution >= 0.6 is 0 Å². The first kappa shape index (κ1) is 12.0. The molecule has 0 saturated heterocycles. The highest BCUT2D eigenvalue weighted by molar-refractivity contribution is 5.98. The molecule has 0 spiro atoms. The molecular formula is C12H14N4O2. The van der Waals surface area contributed by atoms with Gasteiger partial charge in [0.25, 0.3) is 5.91 Å². The lowest BCUT2D eigenvalue weighted by Gasteiger charge is -2.09. The molecule has 6 nitrogen and oxygen atoms in total. The number of rotatable bonds is 5. The normalized spacial score (nSPS) is 10.2. The van der Waals surface area contributed by atoms with Crippen molar-refractivity contribution in [3.63, 3.8) is 0 Å². The molecule has 0 aromatic carbocycles. The van der Waals surface area contributed by atoms with Gasteiger partial charge in [-0.2, -0.15) is 0 Å². The van der Waals surface area contributed by atoms with Crippen LogP contribution in [-0.2, 0) is 6.42 Å². The zero-order chi connectivity index (χ0) is 13.0. The maximum atomic E-state index is 11.2. The summed E-state index contributed by atoms with van der Waals surface area (Å²) in [6.45, 7) is 0.611. The van der Waals surface area contributed by atoms with E-state index in [1.807, 2.05) is 12.1 Å². The SMILES string of the molecule is NC(=O)c1cc(N)ncc1NCCc1ccco1. The predicted octanol–water partition coefficient (Wildman–Crippen LogP) is 1.01. The van der Waals surface area contributed by atoms with Crippen LogP contribution in [0.15, 0.2) is 35.1 Å². The summed E-state index contributed by atoms with van der Waals surface area (Å²) >= 11 is 0. The molecule has 0 saturated carbocycles. The van der Waals surface area contributed by atoms with Crippen molar-refractivity contribution in [3.05, 3.63) is 42.0 Å². The van der Waals surface area contributed by atoms with Gasteiger partial charge in [0.2, 0.25) is 0 Å². The quantitative estimate of drug-likeness (QED) is 0.729. The summed E-state index contributed by atoms with van der Waals surface area (Å²) in [5.74, 6) is 0.594. The van der Waals surface area contributed by atoms with Gasteiger partial charge in [-0.15, -0.1) is 0 Å². The van der Waals surface area contributed by atoms with Crippen LogP contribution in [-0.4, -0.2) is 17.4 Å². The van der Waals surface area contributed by atoms with E-state index in [-0.39, 0.29) is 5.82 Å². The van der Waals surface area contributed by atoms with Crippen LogP contribution < -0.4 is 16.8 Å². The predicted molar refractivity (Wildman–Crippen MR) is 68.1 cm³/mol. The van der Waals surface area contributed by atoms with Crippen molar-refractivity contribution in [2.75, 3.05) is 17.6 Å². The first-order valence-corrected chi connectivity index (χ1v) is 5.48. The molecule has 94 valence electrons. The number of nitrogens with two attached hydrogens (primary N) is 2. The number of carbonyl (C=O) groups is 1. The Morgan fingerprint density at radius 3 is 3.00 bits per heavy atom. The summed E-state index contributed by atoms with van der Waals surface area (Å²) in [5.41, 5.74) is 11.7. The third-order valence-electron chi connectivity index (χ3n) is 2.46. The number of nitrogens with one attached hydrogen (secondary N) is 1. The first-order chi connectivity index (χ1) is 8.66. The van der Waals surface area contributed by atoms with Gasteiger partial charge >= 0.3 is 0 Å². The van der Waals surface area contributed by atoms with Gasteiger partial charge in [0, 0.05) is 13.0 Å². The number of pyridine rings is 1. The van der Waals surface area contributed by atoms with Gasteiger partial charge in [0.05, 0.1) is 23.7 Å². The minimum absolute atomic E-state index is 0.264. The Morgan fingerprint density at radius 1 is 1.50 bits per heavy atom. The molecule has 0 aliphatic carbocycles. The van der Waals surface area contributed by atoms with Gasteiger partial charge < -0.3 is 21.2 Å². The Labute approximate surface area is 104 Å². The summed E-state index contributed by atoms with van der Waals surface area (Å²) < 4.78 is 5.20. The molecule has 0 aliphatic rings. The van der Waals surface area contributed by atoms with Crippen LogP contribution in [0.1, 0.15) is 16.1 Å². The molecule has 1 amide bonds. The largest absolute Gasteiger partial charge is 0.469 e. The molecule has 2 heterocycles. The number of primary amides is 1. The topological polar surface area (TPSA) is 107 Å². The minimum Gasteiger partial charge on any atom is -0.469 e. The number of nitrogens with zero attached hydrogens (tertiary/aromatic N) is 1. The molecule has 0 unspecified atom stereocenters. The Morgan fingerprint density at radius 2 is 2.33 bits per heavy atom. The first-order valence-electron chi connectivity index (χ1n) is 5.48. The summed E-state index contributed by atoms with van der Waals surface area (Å²) in [4.78, 5) is 15.2. The van der Waals surface area contributed by atoms with E-state index in [0.717, 1.165) is 5.76 Å². The lowest BCUT2D eigenvalue weighted by Crippen LogP contribution is -2.16. The van der Waals surface area contributed by atoms with E-state index in [4.69, 9.17) is 15.9 Å². The maximum Gasteiger partial charge on any atom is 0.250 e. The number of hydrogen-bond acceptors (Lipinski definition) is 5. The second-order valence-electron chi connectivity index (χ2n) is 3.78. The van der Waals surface area contributed by atoms with Crippen molar-refractivity contribution in [2.45, 2.75) is 6.42 Å². The molecule has 2 aromatic rings. The molecule has 0 fully saturated rings. The van der Waals surface area contributed by atoms with Crippen molar-refractivity contribution < 1.29 is 9.21 Å². The minimum atomic E-state index is -0.537. The van der Waals surface area contributed by atoms with Gasteiger partial charge in [0.1, 0.15) is 11.6 Å². The van der Waals surface area contributed by atoms with Gasteiger partial charge in [-0.3, -0.25) is 4.79 Å². The van der Waals surface area contributed by atoms with Crippen molar-refractivity contribution in [1.82, 2.24) is 4.98 Å². The molecule has 0 radical (unpaired) electrons. The summed E-state index contributed by atoms with van der Waals surface area (Å²) in [7, 11) is 0. The number of carbonyl (C=O) groups excluding carboxylic acids is 1. The van der Waals surface area contributed by atoms with Gasteiger partial charge in [-0.1, -0.05) is 0 Å². The molecule has 18 heavy (non-hydrogen) atoms. The molecule has 0 aliphatic heterocycles. The van der Waals surface area contributed by atoms with Crippen molar-refractivity contribution in [1.29, 1.82) is 0 Å². The highest BCUT2D eigenvalue weighted by atomic mass is 16.3. The molecule has 6 heteroatoms. The number of hydrogen-bond donors (Lipinski definition) is 3. The Balaban J connectivity index is 2.02. The summed E-state index contributed by atoms with van der Waals surface area (Å²) in [6.07, 6.45) is 3.82. The van der Waals surface area contributed by atoms with Crippen molar-refractivity contribution in [2.24, 2.45) is 5.73 Å². The Hall–Kier alpha value is -2.50. The third-order valence-corrected chi connectivity index (χ3v) is 2.46. The summed E-state index contributed by atoms with van der Waals surface area (Å²) in [5, 5.41) is 3.08. The molecular weight excluding hydrogens is 232 g/mol. The van der Waals surface area contributed by atoms with Crippen LogP contribution in [0, 0.1) is 0 Å². The number of aromatic nitrogens is 1. The van der Waals surface area contributed by atoms with Gasteiger partial charge in [-0.05, 0) is 18.2 Å². The zero-order valence-corrected chi connectivity index (χ0v) is 9.72. The fourth-order valence-corrected chi connectivity index (χ4v) is 1.59. The van der Waals surface area contributed by atoms with Crippen molar-refractivity contribution in [3.8, 4) is 0 Å². The smallest absolute Gasteiger partial charge is 0.250 e. The monoisotopic (exact) mass is 246 g/mol. The zero-order valence-electron chi connectivity index (χ0n) is 9.72.